The van der Waals surface area contributed by atoms with Gasteiger partial charge in [-0.05, 0) is 38.8 Å². The van der Waals surface area contributed by atoms with Crippen LogP contribution in [-0.2, 0) is 4.79 Å². The molecule has 0 bridgehead atoms. The van der Waals surface area contributed by atoms with Crippen molar-refractivity contribution in [2.75, 3.05) is 32.1 Å². The van der Waals surface area contributed by atoms with Crippen LogP contribution in [0.2, 0.25) is 0 Å². The van der Waals surface area contributed by atoms with Crippen LogP contribution in [0.15, 0.2) is 0 Å². The zero-order chi connectivity index (χ0) is 12.3. The Labute approximate surface area is 109 Å². The molecular formula is C13H23ClN2O. The van der Waals surface area contributed by atoms with Gasteiger partial charge in [-0.1, -0.05) is 6.92 Å². The maximum atomic E-state index is 12.0. The van der Waals surface area contributed by atoms with E-state index in [-0.39, 0.29) is 11.8 Å². The number of halogens is 1. The summed E-state index contributed by atoms with van der Waals surface area (Å²) in [5.41, 5.74) is 0. The van der Waals surface area contributed by atoms with Gasteiger partial charge in [-0.25, -0.2) is 0 Å². The second-order valence-corrected chi connectivity index (χ2v) is 5.66. The number of hydrogen-bond donors (Lipinski definition) is 0. The third kappa shape index (κ3) is 3.14. The summed E-state index contributed by atoms with van der Waals surface area (Å²) in [5, 5.41) is 0. The van der Waals surface area contributed by atoms with Crippen LogP contribution in [0, 0.1) is 5.92 Å². The van der Waals surface area contributed by atoms with Gasteiger partial charge in [-0.3, -0.25) is 4.79 Å². The highest BCUT2D eigenvalue weighted by Crippen LogP contribution is 2.22. The van der Waals surface area contributed by atoms with Crippen LogP contribution in [0.3, 0.4) is 0 Å². The zero-order valence-electron chi connectivity index (χ0n) is 10.7. The molecule has 17 heavy (non-hydrogen) atoms. The van der Waals surface area contributed by atoms with Gasteiger partial charge in [-0.2, -0.15) is 0 Å². The predicted octanol–water partition coefficient (Wildman–Crippen LogP) is 1.95. The van der Waals surface area contributed by atoms with Gasteiger partial charge in [0.1, 0.15) is 0 Å². The lowest BCUT2D eigenvalue weighted by Gasteiger charge is -2.37. The molecule has 2 fully saturated rings. The van der Waals surface area contributed by atoms with E-state index < -0.39 is 0 Å². The average Bonchev–Trinajstić information content (AvgIpc) is 2.91. The lowest BCUT2D eigenvalue weighted by molar-refractivity contribution is -0.135. The van der Waals surface area contributed by atoms with Crippen LogP contribution in [0.4, 0.5) is 0 Å². The van der Waals surface area contributed by atoms with Gasteiger partial charge >= 0.3 is 0 Å². The first-order chi connectivity index (χ1) is 8.22. The molecule has 2 aliphatic heterocycles. The van der Waals surface area contributed by atoms with Crippen molar-refractivity contribution < 1.29 is 4.79 Å². The molecule has 1 amide bonds. The van der Waals surface area contributed by atoms with Gasteiger partial charge in [0.15, 0.2) is 0 Å². The van der Waals surface area contributed by atoms with E-state index in [4.69, 9.17) is 11.6 Å². The lowest BCUT2D eigenvalue weighted by atomic mass is 10.0. The zero-order valence-corrected chi connectivity index (χ0v) is 11.5. The van der Waals surface area contributed by atoms with Crippen molar-refractivity contribution in [3.05, 3.63) is 0 Å². The maximum absolute atomic E-state index is 12.0. The minimum atomic E-state index is -0.0278. The summed E-state index contributed by atoms with van der Waals surface area (Å²) in [5.74, 6) is 0.644. The summed E-state index contributed by atoms with van der Waals surface area (Å²) in [6.07, 6.45) is 4.98. The molecule has 4 heteroatoms. The molecule has 1 unspecified atom stereocenters. The Morgan fingerprint density at radius 2 is 1.82 bits per heavy atom. The topological polar surface area (TPSA) is 23.6 Å². The van der Waals surface area contributed by atoms with Gasteiger partial charge in [-0.15, -0.1) is 11.6 Å². The van der Waals surface area contributed by atoms with Crippen molar-refractivity contribution in [2.45, 2.75) is 38.6 Å². The number of amides is 1. The van der Waals surface area contributed by atoms with Crippen LogP contribution >= 0.6 is 11.6 Å². The van der Waals surface area contributed by atoms with Crippen molar-refractivity contribution in [3.63, 3.8) is 0 Å². The van der Waals surface area contributed by atoms with Gasteiger partial charge < -0.3 is 9.80 Å². The highest BCUT2D eigenvalue weighted by Gasteiger charge is 2.29. The highest BCUT2D eigenvalue weighted by molar-refractivity contribution is 6.19. The Hall–Kier alpha value is -0.280. The summed E-state index contributed by atoms with van der Waals surface area (Å²) < 4.78 is 0. The second-order valence-electron chi connectivity index (χ2n) is 5.35. The second kappa shape index (κ2) is 6.05. The molecule has 0 aliphatic carbocycles. The number of alkyl halides is 1. The molecule has 0 saturated carbocycles. The van der Waals surface area contributed by atoms with E-state index in [2.05, 4.69) is 4.90 Å². The van der Waals surface area contributed by atoms with Crippen molar-refractivity contribution in [1.29, 1.82) is 0 Å². The summed E-state index contributed by atoms with van der Waals surface area (Å²) >= 11 is 5.74. The Kier molecular flexibility index (Phi) is 4.69. The fourth-order valence-corrected chi connectivity index (χ4v) is 3.07. The van der Waals surface area contributed by atoms with E-state index in [1.54, 1.807) is 0 Å². The lowest BCUT2D eigenvalue weighted by Crippen LogP contribution is -2.47. The molecule has 98 valence electrons. The fraction of sp³-hybridized carbons (Fsp3) is 0.923. The molecule has 0 spiro atoms. The fourth-order valence-electron chi connectivity index (χ4n) is 2.94. The van der Waals surface area contributed by atoms with Crippen molar-refractivity contribution in [2.24, 2.45) is 5.92 Å². The smallest absolute Gasteiger partial charge is 0.226 e. The Morgan fingerprint density at radius 1 is 1.24 bits per heavy atom. The number of carbonyl (C=O) groups excluding carboxylic acids is 1. The van der Waals surface area contributed by atoms with E-state index in [9.17, 15) is 4.79 Å². The number of piperidine rings is 1. The largest absolute Gasteiger partial charge is 0.342 e. The molecule has 0 aromatic heterocycles. The molecule has 0 N–H and O–H groups in total. The molecule has 3 nitrogen and oxygen atoms in total. The summed E-state index contributed by atoms with van der Waals surface area (Å²) in [7, 11) is 0. The number of carbonyl (C=O) groups is 1. The molecule has 2 aliphatic rings. The SMILES string of the molecule is CC(CCl)C(=O)N1CCC(N2CCCC2)CC1. The summed E-state index contributed by atoms with van der Waals surface area (Å²) in [4.78, 5) is 16.6. The number of nitrogens with zero attached hydrogens (tertiary/aromatic N) is 2. The van der Waals surface area contributed by atoms with E-state index in [0.717, 1.165) is 25.9 Å². The van der Waals surface area contributed by atoms with E-state index in [0.29, 0.717) is 11.9 Å². The number of hydrogen-bond acceptors (Lipinski definition) is 2. The first kappa shape index (κ1) is 13.2. The molecule has 0 aromatic rings. The van der Waals surface area contributed by atoms with Gasteiger partial charge in [0.25, 0.3) is 0 Å². The van der Waals surface area contributed by atoms with Gasteiger partial charge in [0.05, 0.1) is 0 Å². The molecule has 2 saturated heterocycles. The molecule has 1 atom stereocenters. The third-order valence-corrected chi connectivity index (χ3v) is 4.55. The maximum Gasteiger partial charge on any atom is 0.226 e. The standard InChI is InChI=1S/C13H23ClN2O/c1-11(10-14)13(17)16-8-4-12(5-9-16)15-6-2-3-7-15/h11-12H,2-10H2,1H3. The first-order valence-corrected chi connectivity index (χ1v) is 7.34. The van der Waals surface area contributed by atoms with E-state index in [1.807, 2.05) is 11.8 Å². The van der Waals surface area contributed by atoms with Crippen LogP contribution in [0.25, 0.3) is 0 Å². The Morgan fingerprint density at radius 3 is 2.35 bits per heavy atom. The number of rotatable bonds is 3. The van der Waals surface area contributed by atoms with E-state index >= 15 is 0 Å². The highest BCUT2D eigenvalue weighted by atomic mass is 35.5. The van der Waals surface area contributed by atoms with E-state index in [1.165, 1.54) is 25.9 Å². The monoisotopic (exact) mass is 258 g/mol. The molecule has 2 heterocycles. The Bertz CT molecular complexity index is 258. The van der Waals surface area contributed by atoms with Crippen LogP contribution in [0.5, 0.6) is 0 Å². The third-order valence-electron chi connectivity index (χ3n) is 4.09. The molecule has 2 rings (SSSR count). The summed E-state index contributed by atoms with van der Waals surface area (Å²) in [6, 6.07) is 0.716. The minimum absolute atomic E-state index is 0.0278. The molecular weight excluding hydrogens is 236 g/mol. The van der Waals surface area contributed by atoms with Gasteiger partial charge in [0.2, 0.25) is 5.91 Å². The predicted molar refractivity (Wildman–Crippen MR) is 70.3 cm³/mol. The average molecular weight is 259 g/mol. The van der Waals surface area contributed by atoms with Gasteiger partial charge in [0, 0.05) is 30.9 Å². The molecule has 0 radical (unpaired) electrons. The van der Waals surface area contributed by atoms with Crippen molar-refractivity contribution >= 4 is 17.5 Å². The number of likely N-dealkylation sites (tertiary alicyclic amines) is 2. The normalized spacial score (nSPS) is 25.2. The van der Waals surface area contributed by atoms with Crippen LogP contribution in [-0.4, -0.2) is 53.8 Å². The van der Waals surface area contributed by atoms with Crippen LogP contribution < -0.4 is 0 Å². The van der Waals surface area contributed by atoms with Crippen molar-refractivity contribution in [1.82, 2.24) is 9.80 Å². The minimum Gasteiger partial charge on any atom is -0.342 e. The first-order valence-electron chi connectivity index (χ1n) is 6.81. The summed E-state index contributed by atoms with van der Waals surface area (Å²) in [6.45, 7) is 6.28. The van der Waals surface area contributed by atoms with Crippen LogP contribution in [0.1, 0.15) is 32.6 Å². The Balaban J connectivity index is 1.79. The quantitative estimate of drug-likeness (QED) is 0.723. The van der Waals surface area contributed by atoms with Crippen molar-refractivity contribution in [3.8, 4) is 0 Å². The molecule has 0 aromatic carbocycles.